The van der Waals surface area contributed by atoms with E-state index in [2.05, 4.69) is 21.8 Å². The van der Waals surface area contributed by atoms with E-state index in [0.717, 1.165) is 35.5 Å². The molecule has 136 valence electrons. The third kappa shape index (κ3) is 2.67. The standard InChI is InChI=1S/C19H22N4O2S/c1-13-4-6-16(7-5-13)26(24,25)23-9-8-17-18(20-12-21-19(17)23)22(3)15-10-14(2)11-15/h4-9,12,14-15H,10-11H2,1-3H3/t14-,15-. The summed E-state index contributed by atoms with van der Waals surface area (Å²) in [4.78, 5) is 11.1. The van der Waals surface area contributed by atoms with Gasteiger partial charge in [0.1, 0.15) is 12.1 Å². The van der Waals surface area contributed by atoms with Crippen LogP contribution < -0.4 is 4.90 Å². The van der Waals surface area contributed by atoms with Crippen molar-refractivity contribution in [2.45, 2.75) is 37.6 Å². The van der Waals surface area contributed by atoms with Crippen molar-refractivity contribution in [2.24, 2.45) is 5.92 Å². The first kappa shape index (κ1) is 17.0. The molecule has 7 heteroatoms. The molecule has 2 heterocycles. The number of hydrogen-bond acceptors (Lipinski definition) is 5. The first-order valence-electron chi connectivity index (χ1n) is 8.75. The van der Waals surface area contributed by atoms with Crippen molar-refractivity contribution in [3.05, 3.63) is 48.4 Å². The van der Waals surface area contributed by atoms with Crippen LogP contribution in [0.4, 0.5) is 5.82 Å². The zero-order valence-electron chi connectivity index (χ0n) is 15.1. The van der Waals surface area contributed by atoms with Crippen molar-refractivity contribution in [3.8, 4) is 0 Å². The molecule has 0 bridgehead atoms. The quantitative estimate of drug-likeness (QED) is 0.705. The van der Waals surface area contributed by atoms with Gasteiger partial charge in [0.05, 0.1) is 10.3 Å². The fourth-order valence-electron chi connectivity index (χ4n) is 3.56. The summed E-state index contributed by atoms with van der Waals surface area (Å²) in [6.07, 6.45) is 5.27. The third-order valence-electron chi connectivity index (χ3n) is 5.24. The lowest BCUT2D eigenvalue weighted by atomic mass is 9.81. The van der Waals surface area contributed by atoms with Crippen LogP contribution >= 0.6 is 0 Å². The number of fused-ring (bicyclic) bond motifs is 1. The van der Waals surface area contributed by atoms with E-state index in [0.29, 0.717) is 11.7 Å². The lowest BCUT2D eigenvalue weighted by Crippen LogP contribution is -2.42. The molecule has 1 aliphatic rings. The molecule has 0 saturated heterocycles. The van der Waals surface area contributed by atoms with Crippen molar-refractivity contribution in [1.29, 1.82) is 0 Å². The second-order valence-corrected chi connectivity index (χ2v) is 9.02. The Balaban J connectivity index is 1.78. The van der Waals surface area contributed by atoms with Crippen LogP contribution in [0.15, 0.2) is 47.8 Å². The molecule has 0 amide bonds. The van der Waals surface area contributed by atoms with Gasteiger partial charge in [-0.2, -0.15) is 0 Å². The Morgan fingerprint density at radius 2 is 1.81 bits per heavy atom. The molecule has 6 nitrogen and oxygen atoms in total. The lowest BCUT2D eigenvalue weighted by Gasteiger charge is -2.40. The molecule has 0 N–H and O–H groups in total. The van der Waals surface area contributed by atoms with Crippen LogP contribution in [0.25, 0.3) is 11.0 Å². The number of aryl methyl sites for hydroxylation is 1. The second-order valence-electron chi connectivity index (χ2n) is 7.21. The number of nitrogens with zero attached hydrogens (tertiary/aromatic N) is 4. The minimum absolute atomic E-state index is 0.252. The van der Waals surface area contributed by atoms with Gasteiger partial charge >= 0.3 is 0 Å². The highest BCUT2D eigenvalue weighted by molar-refractivity contribution is 7.90. The van der Waals surface area contributed by atoms with Crippen molar-refractivity contribution in [1.82, 2.24) is 13.9 Å². The molecule has 0 radical (unpaired) electrons. The summed E-state index contributed by atoms with van der Waals surface area (Å²) in [7, 11) is -1.68. The fraction of sp³-hybridized carbons (Fsp3) is 0.368. The van der Waals surface area contributed by atoms with Gasteiger partial charge < -0.3 is 4.90 Å². The predicted octanol–water partition coefficient (Wildman–Crippen LogP) is 3.21. The van der Waals surface area contributed by atoms with E-state index >= 15 is 0 Å². The Kier molecular flexibility index (Phi) is 3.99. The SMILES string of the molecule is Cc1ccc(S(=O)(=O)n2ccc3c(N(C)[C@H]4C[C@H](C)C4)ncnc32)cc1. The van der Waals surface area contributed by atoms with E-state index in [1.54, 1.807) is 36.5 Å². The average Bonchev–Trinajstić information content (AvgIpc) is 3.03. The van der Waals surface area contributed by atoms with Crippen molar-refractivity contribution in [3.63, 3.8) is 0 Å². The number of benzene rings is 1. The van der Waals surface area contributed by atoms with Crippen LogP contribution in [0.2, 0.25) is 0 Å². The van der Waals surface area contributed by atoms with Crippen molar-refractivity contribution >= 4 is 26.9 Å². The zero-order valence-corrected chi connectivity index (χ0v) is 15.9. The van der Waals surface area contributed by atoms with Crippen LogP contribution in [0.1, 0.15) is 25.3 Å². The molecule has 0 atom stereocenters. The van der Waals surface area contributed by atoms with Gasteiger partial charge in [0, 0.05) is 19.3 Å². The Hall–Kier alpha value is -2.41. The van der Waals surface area contributed by atoms with E-state index in [1.807, 2.05) is 14.0 Å². The molecular formula is C19H22N4O2S. The van der Waals surface area contributed by atoms with Crippen LogP contribution in [-0.4, -0.2) is 35.4 Å². The van der Waals surface area contributed by atoms with Crippen molar-refractivity contribution in [2.75, 3.05) is 11.9 Å². The van der Waals surface area contributed by atoms with Crippen molar-refractivity contribution < 1.29 is 8.42 Å². The molecule has 1 saturated carbocycles. The Labute approximate surface area is 153 Å². The molecule has 0 spiro atoms. The monoisotopic (exact) mass is 370 g/mol. The topological polar surface area (TPSA) is 68.1 Å². The first-order chi connectivity index (χ1) is 12.4. The maximum absolute atomic E-state index is 13.0. The van der Waals surface area contributed by atoms with Gasteiger partial charge in [-0.3, -0.25) is 0 Å². The summed E-state index contributed by atoms with van der Waals surface area (Å²) in [6.45, 7) is 4.17. The van der Waals surface area contributed by atoms with Crippen LogP contribution in [0.3, 0.4) is 0 Å². The fourth-order valence-corrected chi connectivity index (χ4v) is 4.86. The van der Waals surface area contributed by atoms with Crippen LogP contribution in [0, 0.1) is 12.8 Å². The molecule has 2 aromatic heterocycles. The minimum atomic E-state index is -3.69. The Bertz CT molecular complexity index is 1050. The Morgan fingerprint density at radius 1 is 1.12 bits per heavy atom. The van der Waals surface area contributed by atoms with E-state index in [1.165, 1.54) is 10.3 Å². The lowest BCUT2D eigenvalue weighted by molar-refractivity contribution is 0.280. The largest absolute Gasteiger partial charge is 0.356 e. The second kappa shape index (κ2) is 6.09. The summed E-state index contributed by atoms with van der Waals surface area (Å²) >= 11 is 0. The highest BCUT2D eigenvalue weighted by atomic mass is 32.2. The molecule has 0 unspecified atom stereocenters. The summed E-state index contributed by atoms with van der Waals surface area (Å²) < 4.78 is 27.3. The van der Waals surface area contributed by atoms with Gasteiger partial charge in [-0.25, -0.2) is 22.4 Å². The predicted molar refractivity (Wildman–Crippen MR) is 102 cm³/mol. The summed E-state index contributed by atoms with van der Waals surface area (Å²) in [5.74, 6) is 1.51. The summed E-state index contributed by atoms with van der Waals surface area (Å²) in [5.41, 5.74) is 1.43. The number of hydrogen-bond donors (Lipinski definition) is 0. The highest BCUT2D eigenvalue weighted by Crippen LogP contribution is 2.35. The number of rotatable bonds is 4. The summed E-state index contributed by atoms with van der Waals surface area (Å²) in [6, 6.07) is 9.07. The molecular weight excluding hydrogens is 348 g/mol. The minimum Gasteiger partial charge on any atom is -0.356 e. The molecule has 1 aromatic carbocycles. The number of aromatic nitrogens is 3. The molecule has 0 aliphatic heterocycles. The van der Waals surface area contributed by atoms with Gasteiger partial charge in [-0.05, 0) is 43.9 Å². The molecule has 1 fully saturated rings. The maximum atomic E-state index is 13.0. The van der Waals surface area contributed by atoms with Crippen LogP contribution in [-0.2, 0) is 10.0 Å². The van der Waals surface area contributed by atoms with Gasteiger partial charge in [0.2, 0.25) is 0 Å². The molecule has 1 aliphatic carbocycles. The van der Waals surface area contributed by atoms with E-state index in [4.69, 9.17) is 0 Å². The van der Waals surface area contributed by atoms with E-state index in [9.17, 15) is 8.42 Å². The molecule has 4 rings (SSSR count). The van der Waals surface area contributed by atoms with Gasteiger partial charge in [-0.1, -0.05) is 24.6 Å². The Morgan fingerprint density at radius 3 is 2.46 bits per heavy atom. The summed E-state index contributed by atoms with van der Waals surface area (Å²) in [5, 5.41) is 0.755. The third-order valence-corrected chi connectivity index (χ3v) is 6.92. The molecule has 26 heavy (non-hydrogen) atoms. The smallest absolute Gasteiger partial charge is 0.269 e. The maximum Gasteiger partial charge on any atom is 0.269 e. The zero-order chi connectivity index (χ0) is 18.5. The van der Waals surface area contributed by atoms with E-state index < -0.39 is 10.0 Å². The molecule has 3 aromatic rings. The normalized spacial score (nSPS) is 20.1. The van der Waals surface area contributed by atoms with Gasteiger partial charge in [0.25, 0.3) is 10.0 Å². The highest BCUT2D eigenvalue weighted by Gasteiger charge is 2.31. The van der Waals surface area contributed by atoms with Gasteiger partial charge in [-0.15, -0.1) is 0 Å². The van der Waals surface area contributed by atoms with Crippen LogP contribution in [0.5, 0.6) is 0 Å². The first-order valence-corrected chi connectivity index (χ1v) is 10.2. The number of anilines is 1. The van der Waals surface area contributed by atoms with E-state index in [-0.39, 0.29) is 4.90 Å². The average molecular weight is 370 g/mol. The van der Waals surface area contributed by atoms with Gasteiger partial charge in [0.15, 0.2) is 5.65 Å².